The molecule has 250 valence electrons. The van der Waals surface area contributed by atoms with Crippen LogP contribution >= 0.6 is 0 Å². The second kappa shape index (κ2) is 12.3. The van der Waals surface area contributed by atoms with Gasteiger partial charge in [-0.25, -0.2) is 17.9 Å². The molecule has 3 saturated heterocycles. The Balaban J connectivity index is 1.37. The van der Waals surface area contributed by atoms with Crippen LogP contribution in [0.5, 0.6) is 0 Å². The van der Waals surface area contributed by atoms with Gasteiger partial charge in [-0.3, -0.25) is 4.79 Å². The number of hydrogen-bond donors (Lipinski definition) is 1. The molecule has 1 N–H and O–H groups in total. The van der Waals surface area contributed by atoms with Gasteiger partial charge in [0.2, 0.25) is 5.91 Å². The maximum atomic E-state index is 14.1. The minimum absolute atomic E-state index is 0.0198. The summed E-state index contributed by atoms with van der Waals surface area (Å²) >= 11 is 0. The molecule has 1 aromatic carbocycles. The molecule has 0 radical (unpaired) electrons. The van der Waals surface area contributed by atoms with Gasteiger partial charge in [0, 0.05) is 36.6 Å². The largest absolute Gasteiger partial charge is 0.391 e. The predicted molar refractivity (Wildman–Crippen MR) is 154 cm³/mol. The number of fused-ring (bicyclic) bond motifs is 1. The molecule has 3 aromatic rings. The minimum atomic E-state index is -1.59. The van der Waals surface area contributed by atoms with Crippen molar-refractivity contribution in [2.45, 2.75) is 95.2 Å². The third kappa shape index (κ3) is 6.69. The first-order valence-corrected chi connectivity index (χ1v) is 15.3. The number of halogens is 3. The lowest BCUT2D eigenvalue weighted by Gasteiger charge is -2.51. The standard InChI is InChI=1S/C31H38F3N5O7/c1-30(2,3)24-11-17(36-46-24)10-22-28(42-15-25(41)38-7-6-18(40)12-38)27(29-23(44-22)14-43-31(4,5)45-29)39-13-21(35-37-39)16-8-19(32)26(34)20(33)9-16/h8-9,11,13,18,22-23,27-29,40H,6-7,10,12,14-15H2,1-5H3/t18?,22-,23-,27-,28+,29+/m1/s1. The Hall–Kier alpha value is -3.37. The summed E-state index contributed by atoms with van der Waals surface area (Å²) in [6, 6.07) is 2.75. The first-order valence-electron chi connectivity index (χ1n) is 15.3. The predicted octanol–water partition coefficient (Wildman–Crippen LogP) is 3.33. The van der Waals surface area contributed by atoms with E-state index < -0.39 is 59.8 Å². The molecular weight excluding hydrogens is 611 g/mol. The number of nitrogens with zero attached hydrogens (tertiary/aromatic N) is 5. The first-order chi connectivity index (χ1) is 21.7. The van der Waals surface area contributed by atoms with Crippen LogP contribution in [0.2, 0.25) is 0 Å². The van der Waals surface area contributed by atoms with E-state index in [1.807, 2.05) is 26.8 Å². The van der Waals surface area contributed by atoms with E-state index in [2.05, 4.69) is 15.5 Å². The lowest BCUT2D eigenvalue weighted by molar-refractivity contribution is -0.350. The molecular formula is C31H38F3N5O7. The number of hydrogen-bond acceptors (Lipinski definition) is 10. The number of aromatic nitrogens is 4. The Labute approximate surface area is 263 Å². The second-order valence-corrected chi connectivity index (χ2v) is 13.5. The Morgan fingerprint density at radius 1 is 1.17 bits per heavy atom. The molecule has 3 fully saturated rings. The maximum absolute atomic E-state index is 14.1. The lowest BCUT2D eigenvalue weighted by Crippen LogP contribution is -2.63. The summed E-state index contributed by atoms with van der Waals surface area (Å²) in [5, 5.41) is 22.6. The van der Waals surface area contributed by atoms with Crippen LogP contribution in [-0.2, 0) is 35.6 Å². The quantitative estimate of drug-likeness (QED) is 0.380. The van der Waals surface area contributed by atoms with Crippen molar-refractivity contribution in [3.05, 3.63) is 53.3 Å². The number of benzene rings is 1. The monoisotopic (exact) mass is 649 g/mol. The van der Waals surface area contributed by atoms with E-state index in [-0.39, 0.29) is 48.8 Å². The molecule has 6 atom stereocenters. The van der Waals surface area contributed by atoms with Gasteiger partial charge in [0.1, 0.15) is 42.4 Å². The van der Waals surface area contributed by atoms with Crippen LogP contribution in [0.1, 0.15) is 58.5 Å². The Bertz CT molecular complexity index is 1550. The zero-order valence-corrected chi connectivity index (χ0v) is 26.3. The zero-order chi connectivity index (χ0) is 33.0. The van der Waals surface area contributed by atoms with Crippen molar-refractivity contribution in [2.24, 2.45) is 0 Å². The summed E-state index contributed by atoms with van der Waals surface area (Å²) in [7, 11) is 0. The molecule has 3 aliphatic rings. The molecule has 0 aliphatic carbocycles. The molecule has 1 amide bonds. The number of carbonyl (C=O) groups excluding carboxylic acids is 1. The molecule has 2 aromatic heterocycles. The molecule has 15 heteroatoms. The third-order valence-corrected chi connectivity index (χ3v) is 8.49. The summed E-state index contributed by atoms with van der Waals surface area (Å²) in [5.74, 6) is -4.95. The van der Waals surface area contributed by atoms with Gasteiger partial charge in [0.25, 0.3) is 0 Å². The number of rotatable bonds is 7. The van der Waals surface area contributed by atoms with Crippen molar-refractivity contribution >= 4 is 5.91 Å². The van der Waals surface area contributed by atoms with Crippen LogP contribution < -0.4 is 0 Å². The number of β-amino-alcohol motifs (C(OH)–C–C–N with tert-alkyl or cyclic N) is 1. The second-order valence-electron chi connectivity index (χ2n) is 13.5. The van der Waals surface area contributed by atoms with E-state index in [9.17, 15) is 23.1 Å². The lowest BCUT2D eigenvalue weighted by atomic mass is 9.88. The van der Waals surface area contributed by atoms with Crippen LogP contribution in [0, 0.1) is 17.5 Å². The summed E-state index contributed by atoms with van der Waals surface area (Å²) in [5.41, 5.74) is 0.371. The van der Waals surface area contributed by atoms with Gasteiger partial charge in [-0.15, -0.1) is 5.10 Å². The minimum Gasteiger partial charge on any atom is -0.391 e. The smallest absolute Gasteiger partial charge is 0.248 e. The van der Waals surface area contributed by atoms with Crippen LogP contribution in [0.3, 0.4) is 0 Å². The highest BCUT2D eigenvalue weighted by molar-refractivity contribution is 5.77. The Kier molecular flexibility index (Phi) is 8.74. The summed E-state index contributed by atoms with van der Waals surface area (Å²) in [4.78, 5) is 14.7. The molecule has 0 bridgehead atoms. The zero-order valence-electron chi connectivity index (χ0n) is 26.3. The fourth-order valence-electron chi connectivity index (χ4n) is 6.05. The van der Waals surface area contributed by atoms with E-state index in [4.69, 9.17) is 23.5 Å². The van der Waals surface area contributed by atoms with Crippen molar-refractivity contribution in [3.8, 4) is 11.3 Å². The third-order valence-electron chi connectivity index (χ3n) is 8.49. The maximum Gasteiger partial charge on any atom is 0.248 e. The molecule has 3 aliphatic heterocycles. The average Bonchev–Trinajstić information content (AvgIpc) is 3.75. The average molecular weight is 650 g/mol. The molecule has 0 spiro atoms. The fraction of sp³-hybridized carbons (Fsp3) is 0.613. The van der Waals surface area contributed by atoms with Crippen LogP contribution in [-0.4, -0.2) is 98.7 Å². The molecule has 1 unspecified atom stereocenters. The van der Waals surface area contributed by atoms with E-state index in [1.54, 1.807) is 13.8 Å². The number of amides is 1. The number of aliphatic hydroxyl groups excluding tert-OH is 1. The van der Waals surface area contributed by atoms with Crippen molar-refractivity contribution in [2.75, 3.05) is 26.3 Å². The molecule has 12 nitrogen and oxygen atoms in total. The number of ether oxygens (including phenoxy) is 4. The number of aliphatic hydroxyl groups is 1. The van der Waals surface area contributed by atoms with Crippen LogP contribution in [0.25, 0.3) is 11.3 Å². The van der Waals surface area contributed by atoms with Crippen LogP contribution in [0.4, 0.5) is 13.2 Å². The normalized spacial score (nSPS) is 28.0. The Morgan fingerprint density at radius 3 is 2.57 bits per heavy atom. The topological polar surface area (TPSA) is 134 Å². The highest BCUT2D eigenvalue weighted by Gasteiger charge is 2.53. The fourth-order valence-corrected chi connectivity index (χ4v) is 6.05. The van der Waals surface area contributed by atoms with Crippen molar-refractivity contribution in [3.63, 3.8) is 0 Å². The SMILES string of the molecule is CC1(C)OC[C@H]2O[C@H](Cc3cc(C(C)(C)C)on3)[C@H](OCC(=O)N3CCC(O)C3)[C@@H](n3cc(-c4cc(F)c(F)c(F)c4)nn3)[C@H]2O1. The summed E-state index contributed by atoms with van der Waals surface area (Å²) in [6.45, 7) is 9.97. The van der Waals surface area contributed by atoms with Gasteiger partial charge < -0.3 is 33.5 Å². The molecule has 46 heavy (non-hydrogen) atoms. The van der Waals surface area contributed by atoms with Gasteiger partial charge in [0.15, 0.2) is 23.2 Å². The molecule has 6 rings (SSSR count). The van der Waals surface area contributed by atoms with Crippen molar-refractivity contribution in [1.29, 1.82) is 0 Å². The van der Waals surface area contributed by atoms with Crippen molar-refractivity contribution < 1.29 is 46.5 Å². The Morgan fingerprint density at radius 2 is 1.91 bits per heavy atom. The van der Waals surface area contributed by atoms with E-state index >= 15 is 0 Å². The highest BCUT2D eigenvalue weighted by atomic mass is 19.2. The summed E-state index contributed by atoms with van der Waals surface area (Å²) < 4.78 is 74.2. The number of likely N-dealkylation sites (tertiary alicyclic amines) is 1. The number of carbonyl (C=O) groups is 1. The summed E-state index contributed by atoms with van der Waals surface area (Å²) in [6.07, 6.45) is -1.32. The van der Waals surface area contributed by atoms with E-state index in [0.29, 0.717) is 24.4 Å². The molecule has 5 heterocycles. The van der Waals surface area contributed by atoms with Crippen LogP contribution in [0.15, 0.2) is 28.9 Å². The first kappa shape index (κ1) is 32.6. The van der Waals surface area contributed by atoms with Gasteiger partial charge in [-0.2, -0.15) is 0 Å². The molecule has 0 saturated carbocycles. The van der Waals surface area contributed by atoms with Gasteiger partial charge >= 0.3 is 0 Å². The van der Waals surface area contributed by atoms with Crippen molar-refractivity contribution in [1.82, 2.24) is 25.1 Å². The van der Waals surface area contributed by atoms with Gasteiger partial charge in [0.05, 0.1) is 30.7 Å². The van der Waals surface area contributed by atoms with Gasteiger partial charge in [-0.05, 0) is 32.4 Å². The van der Waals surface area contributed by atoms with Gasteiger partial charge in [-0.1, -0.05) is 31.1 Å². The van der Waals surface area contributed by atoms with E-state index in [1.165, 1.54) is 15.8 Å². The highest BCUT2D eigenvalue weighted by Crippen LogP contribution is 2.41. The van der Waals surface area contributed by atoms with E-state index in [0.717, 1.165) is 12.1 Å².